The number of benzene rings is 1. The van der Waals surface area contributed by atoms with E-state index in [1.54, 1.807) is 12.1 Å². The summed E-state index contributed by atoms with van der Waals surface area (Å²) in [4.78, 5) is 13.7. The summed E-state index contributed by atoms with van der Waals surface area (Å²) >= 11 is 0. The fourth-order valence-corrected chi connectivity index (χ4v) is 1.88. The minimum atomic E-state index is -0.308. The number of ether oxygens (including phenoxy) is 1. The summed E-state index contributed by atoms with van der Waals surface area (Å²) in [5.74, 6) is 0.0107. The van der Waals surface area contributed by atoms with Gasteiger partial charge in [-0.2, -0.15) is 0 Å². The zero-order chi connectivity index (χ0) is 15.7. The average molecular weight is 295 g/mol. The van der Waals surface area contributed by atoms with Gasteiger partial charge in [0.2, 0.25) is 0 Å². The van der Waals surface area contributed by atoms with Crippen LogP contribution in [0.15, 0.2) is 24.3 Å². The number of hydrogen-bond donors (Lipinski definition) is 2. The van der Waals surface area contributed by atoms with Gasteiger partial charge in [-0.05, 0) is 23.6 Å². The Morgan fingerprint density at radius 1 is 1.14 bits per heavy atom. The second kappa shape index (κ2) is 9.50. The van der Waals surface area contributed by atoms with Gasteiger partial charge in [0, 0.05) is 19.6 Å². The van der Waals surface area contributed by atoms with Crippen LogP contribution in [0.4, 0.5) is 0 Å². The van der Waals surface area contributed by atoms with Crippen LogP contribution in [0, 0.1) is 5.92 Å². The number of rotatable bonds is 9. The first-order valence-corrected chi connectivity index (χ1v) is 7.27. The van der Waals surface area contributed by atoms with Crippen molar-refractivity contribution < 1.29 is 19.7 Å². The fourth-order valence-electron chi connectivity index (χ4n) is 1.88. The molecule has 0 radical (unpaired) electrons. The highest BCUT2D eigenvalue weighted by atomic mass is 16.5. The van der Waals surface area contributed by atoms with E-state index in [0.717, 1.165) is 5.56 Å². The van der Waals surface area contributed by atoms with Crippen molar-refractivity contribution >= 4 is 5.97 Å². The molecule has 21 heavy (non-hydrogen) atoms. The number of aliphatic hydroxyl groups is 2. The summed E-state index contributed by atoms with van der Waals surface area (Å²) in [7, 11) is 0. The van der Waals surface area contributed by atoms with Crippen LogP contribution >= 0.6 is 0 Å². The van der Waals surface area contributed by atoms with E-state index in [1.165, 1.54) is 0 Å². The van der Waals surface area contributed by atoms with Gasteiger partial charge in [-0.25, -0.2) is 4.79 Å². The minimum absolute atomic E-state index is 0.0552. The molecule has 0 spiro atoms. The standard InChI is InChI=1S/C16H25NO4/c1-13(2)12-21-16(20)15-5-3-14(4-6-15)11-17(7-9-18)8-10-19/h3-6,13,18-19H,7-12H2,1-2H3. The molecule has 1 rings (SSSR count). The van der Waals surface area contributed by atoms with Gasteiger partial charge in [-0.3, -0.25) is 4.90 Å². The van der Waals surface area contributed by atoms with Crippen molar-refractivity contribution in [2.75, 3.05) is 32.9 Å². The second-order valence-electron chi connectivity index (χ2n) is 5.41. The predicted molar refractivity (Wildman–Crippen MR) is 81.0 cm³/mol. The van der Waals surface area contributed by atoms with Crippen LogP contribution in [0.1, 0.15) is 29.8 Å². The normalized spacial score (nSPS) is 11.1. The smallest absolute Gasteiger partial charge is 0.338 e. The number of carbonyl (C=O) groups excluding carboxylic acids is 1. The minimum Gasteiger partial charge on any atom is -0.462 e. The Balaban J connectivity index is 2.58. The van der Waals surface area contributed by atoms with Gasteiger partial charge in [0.1, 0.15) is 0 Å². The molecular weight excluding hydrogens is 270 g/mol. The molecule has 0 unspecified atom stereocenters. The molecule has 0 aromatic heterocycles. The Morgan fingerprint density at radius 2 is 1.71 bits per heavy atom. The Morgan fingerprint density at radius 3 is 2.19 bits per heavy atom. The number of aliphatic hydroxyl groups excluding tert-OH is 2. The van der Waals surface area contributed by atoms with Crippen molar-refractivity contribution in [1.29, 1.82) is 0 Å². The van der Waals surface area contributed by atoms with Gasteiger partial charge < -0.3 is 14.9 Å². The van der Waals surface area contributed by atoms with Crippen LogP contribution in [0.3, 0.4) is 0 Å². The molecule has 5 nitrogen and oxygen atoms in total. The molecule has 118 valence electrons. The predicted octanol–water partition coefficient (Wildman–Crippen LogP) is 1.29. The zero-order valence-corrected chi connectivity index (χ0v) is 12.8. The molecule has 0 saturated heterocycles. The van der Waals surface area contributed by atoms with Gasteiger partial charge in [0.15, 0.2) is 0 Å². The Bertz CT molecular complexity index is 411. The van der Waals surface area contributed by atoms with Crippen LogP contribution in [0.5, 0.6) is 0 Å². The van der Waals surface area contributed by atoms with E-state index in [2.05, 4.69) is 0 Å². The van der Waals surface area contributed by atoms with Gasteiger partial charge in [0.25, 0.3) is 0 Å². The van der Waals surface area contributed by atoms with E-state index in [-0.39, 0.29) is 19.2 Å². The Hall–Kier alpha value is -1.43. The van der Waals surface area contributed by atoms with E-state index in [4.69, 9.17) is 14.9 Å². The summed E-state index contributed by atoms with van der Waals surface area (Å²) in [6, 6.07) is 7.23. The first-order chi connectivity index (χ1) is 10.1. The van der Waals surface area contributed by atoms with Crippen LogP contribution < -0.4 is 0 Å². The van der Waals surface area contributed by atoms with Crippen molar-refractivity contribution in [3.63, 3.8) is 0 Å². The molecule has 0 amide bonds. The van der Waals surface area contributed by atoms with Crippen LogP contribution in [-0.4, -0.2) is 54.0 Å². The first-order valence-electron chi connectivity index (χ1n) is 7.27. The molecule has 0 bridgehead atoms. The topological polar surface area (TPSA) is 70.0 Å². The first kappa shape index (κ1) is 17.6. The summed E-state index contributed by atoms with van der Waals surface area (Å²) in [5.41, 5.74) is 1.56. The number of carbonyl (C=O) groups is 1. The van der Waals surface area contributed by atoms with Crippen LogP contribution in [0.25, 0.3) is 0 Å². The maximum absolute atomic E-state index is 11.8. The van der Waals surface area contributed by atoms with E-state index >= 15 is 0 Å². The van der Waals surface area contributed by atoms with Crippen LogP contribution in [-0.2, 0) is 11.3 Å². The molecule has 1 aromatic rings. The maximum Gasteiger partial charge on any atom is 0.338 e. The summed E-state index contributed by atoms with van der Waals surface area (Å²) < 4.78 is 5.17. The molecule has 0 heterocycles. The zero-order valence-electron chi connectivity index (χ0n) is 12.8. The SMILES string of the molecule is CC(C)COC(=O)c1ccc(CN(CCO)CCO)cc1. The fraction of sp³-hybridized carbons (Fsp3) is 0.562. The van der Waals surface area contributed by atoms with Gasteiger partial charge in [-0.15, -0.1) is 0 Å². The lowest BCUT2D eigenvalue weighted by Gasteiger charge is -2.20. The third-order valence-corrected chi connectivity index (χ3v) is 2.98. The molecule has 0 aliphatic carbocycles. The monoisotopic (exact) mass is 295 g/mol. The summed E-state index contributed by atoms with van der Waals surface area (Å²) in [6.07, 6.45) is 0. The molecule has 0 aliphatic rings. The Kier molecular flexibility index (Phi) is 7.97. The van der Waals surface area contributed by atoms with E-state index in [1.807, 2.05) is 30.9 Å². The highest BCUT2D eigenvalue weighted by Gasteiger charge is 2.09. The number of esters is 1. The average Bonchev–Trinajstić information content (AvgIpc) is 2.46. The lowest BCUT2D eigenvalue weighted by Crippen LogP contribution is -2.29. The molecule has 1 aromatic carbocycles. The second-order valence-corrected chi connectivity index (χ2v) is 5.41. The lowest BCUT2D eigenvalue weighted by atomic mass is 10.1. The Labute approximate surface area is 126 Å². The van der Waals surface area contributed by atoms with Crippen molar-refractivity contribution in [3.05, 3.63) is 35.4 Å². The maximum atomic E-state index is 11.8. The summed E-state index contributed by atoms with van der Waals surface area (Å²) in [5, 5.41) is 18.0. The van der Waals surface area contributed by atoms with Crippen LogP contribution in [0.2, 0.25) is 0 Å². The quantitative estimate of drug-likeness (QED) is 0.672. The molecule has 0 fully saturated rings. The van der Waals surface area contributed by atoms with Crippen molar-refractivity contribution in [2.24, 2.45) is 5.92 Å². The van der Waals surface area contributed by atoms with Crippen molar-refractivity contribution in [2.45, 2.75) is 20.4 Å². The summed E-state index contributed by atoms with van der Waals surface area (Å²) in [6.45, 7) is 6.17. The largest absolute Gasteiger partial charge is 0.462 e. The third kappa shape index (κ3) is 6.71. The highest BCUT2D eigenvalue weighted by molar-refractivity contribution is 5.89. The number of nitrogens with zero attached hydrogens (tertiary/aromatic N) is 1. The van der Waals surface area contributed by atoms with Crippen molar-refractivity contribution in [3.8, 4) is 0 Å². The lowest BCUT2D eigenvalue weighted by molar-refractivity contribution is 0.0459. The third-order valence-electron chi connectivity index (χ3n) is 2.98. The molecule has 2 N–H and O–H groups in total. The van der Waals surface area contributed by atoms with Gasteiger partial charge >= 0.3 is 5.97 Å². The molecular formula is C16H25NO4. The molecule has 0 atom stereocenters. The molecule has 0 saturated carbocycles. The molecule has 0 aliphatic heterocycles. The van der Waals surface area contributed by atoms with Gasteiger partial charge in [0.05, 0.1) is 25.4 Å². The highest BCUT2D eigenvalue weighted by Crippen LogP contribution is 2.09. The van der Waals surface area contributed by atoms with E-state index in [9.17, 15) is 4.79 Å². The van der Waals surface area contributed by atoms with Crippen molar-refractivity contribution in [1.82, 2.24) is 4.90 Å². The van der Waals surface area contributed by atoms with E-state index < -0.39 is 0 Å². The number of hydrogen-bond acceptors (Lipinski definition) is 5. The van der Waals surface area contributed by atoms with E-state index in [0.29, 0.717) is 37.7 Å². The van der Waals surface area contributed by atoms with Gasteiger partial charge in [-0.1, -0.05) is 26.0 Å². The molecule has 5 heteroatoms.